The summed E-state index contributed by atoms with van der Waals surface area (Å²) in [6, 6.07) is 7.22. The number of nitriles is 1. The number of rotatable bonds is 3. The Kier molecular flexibility index (Phi) is 4.70. The largest absolute Gasteiger partial charge is 0.462 e. The van der Waals surface area contributed by atoms with E-state index in [4.69, 9.17) is 10.00 Å². The topological polar surface area (TPSA) is 67.4 Å². The molecule has 0 radical (unpaired) electrons. The molecule has 1 rings (SSSR count). The summed E-state index contributed by atoms with van der Waals surface area (Å²) in [5.41, 5.74) is 0.528. The standard InChI is InChI=1S/C12H13N3O2/c1-3-17-12(16)10(8-13)9-14-11-6-4-5-7-15(11)2/h4-7,9H,3H2,1-2H3/b10-9-,14-11?. The van der Waals surface area contributed by atoms with Crippen molar-refractivity contribution in [1.82, 2.24) is 4.57 Å². The van der Waals surface area contributed by atoms with Crippen molar-refractivity contribution in [1.29, 1.82) is 5.26 Å². The van der Waals surface area contributed by atoms with Crippen LogP contribution in [0.25, 0.3) is 0 Å². The van der Waals surface area contributed by atoms with Crippen molar-refractivity contribution in [3.63, 3.8) is 0 Å². The minimum absolute atomic E-state index is 0.115. The second-order valence-corrected chi connectivity index (χ2v) is 3.17. The van der Waals surface area contributed by atoms with Crippen LogP contribution >= 0.6 is 0 Å². The molecule has 1 aromatic heterocycles. The monoisotopic (exact) mass is 231 g/mol. The Hall–Kier alpha value is -2.35. The Bertz CT molecular complexity index is 535. The maximum atomic E-state index is 11.3. The van der Waals surface area contributed by atoms with E-state index in [1.54, 1.807) is 23.6 Å². The molecule has 88 valence electrons. The summed E-state index contributed by atoms with van der Waals surface area (Å²) in [5.74, 6) is -0.655. The zero-order valence-electron chi connectivity index (χ0n) is 9.75. The van der Waals surface area contributed by atoms with Gasteiger partial charge in [0.15, 0.2) is 5.57 Å². The number of hydrogen-bond donors (Lipinski definition) is 0. The molecule has 1 heterocycles. The van der Waals surface area contributed by atoms with Gasteiger partial charge < -0.3 is 9.30 Å². The van der Waals surface area contributed by atoms with Gasteiger partial charge in [0.05, 0.1) is 12.8 Å². The van der Waals surface area contributed by atoms with Gasteiger partial charge in [-0.25, -0.2) is 9.79 Å². The summed E-state index contributed by atoms with van der Waals surface area (Å²) in [7, 11) is 1.82. The van der Waals surface area contributed by atoms with Crippen molar-refractivity contribution in [3.05, 3.63) is 41.7 Å². The molecule has 0 unspecified atom stereocenters. The van der Waals surface area contributed by atoms with Crippen LogP contribution in [0, 0.1) is 11.3 Å². The van der Waals surface area contributed by atoms with Crippen LogP contribution in [0.4, 0.5) is 0 Å². The number of aromatic nitrogens is 1. The lowest BCUT2D eigenvalue weighted by Crippen LogP contribution is -2.15. The first kappa shape index (κ1) is 12.7. The Balaban J connectivity index is 3.04. The zero-order chi connectivity index (χ0) is 12.7. The minimum atomic E-state index is -0.655. The van der Waals surface area contributed by atoms with Gasteiger partial charge in [-0.3, -0.25) is 0 Å². The van der Waals surface area contributed by atoms with Crippen LogP contribution in [0.2, 0.25) is 0 Å². The summed E-state index contributed by atoms with van der Waals surface area (Å²) < 4.78 is 6.49. The van der Waals surface area contributed by atoms with Crippen LogP contribution in [0.1, 0.15) is 6.92 Å². The third-order valence-corrected chi connectivity index (χ3v) is 1.97. The molecule has 0 saturated heterocycles. The second kappa shape index (κ2) is 6.28. The van der Waals surface area contributed by atoms with Gasteiger partial charge in [-0.15, -0.1) is 0 Å². The highest BCUT2D eigenvalue weighted by Gasteiger charge is 2.08. The van der Waals surface area contributed by atoms with Crippen LogP contribution in [0.3, 0.4) is 0 Å². The lowest BCUT2D eigenvalue weighted by molar-refractivity contribution is -0.138. The molecule has 1 aromatic rings. The number of esters is 1. The summed E-state index contributed by atoms with van der Waals surface area (Å²) >= 11 is 0. The maximum absolute atomic E-state index is 11.3. The third-order valence-electron chi connectivity index (χ3n) is 1.97. The van der Waals surface area contributed by atoms with Crippen LogP contribution in [-0.2, 0) is 16.6 Å². The number of pyridine rings is 1. The molecule has 0 amide bonds. The van der Waals surface area contributed by atoms with E-state index in [1.807, 2.05) is 25.4 Å². The molecule has 0 saturated carbocycles. The van der Waals surface area contributed by atoms with Gasteiger partial charge in [-0.1, -0.05) is 6.07 Å². The molecule has 0 spiro atoms. The first-order chi connectivity index (χ1) is 8.19. The Morgan fingerprint density at radius 1 is 1.65 bits per heavy atom. The smallest absolute Gasteiger partial charge is 0.350 e. The molecule has 0 aliphatic rings. The van der Waals surface area contributed by atoms with Crippen molar-refractivity contribution < 1.29 is 9.53 Å². The predicted octanol–water partition coefficient (Wildman–Crippen LogP) is 0.896. The van der Waals surface area contributed by atoms with Crippen LogP contribution in [0.5, 0.6) is 0 Å². The van der Waals surface area contributed by atoms with Gasteiger partial charge in [0, 0.05) is 13.2 Å². The number of nitrogens with zero attached hydrogens (tertiary/aromatic N) is 3. The number of ether oxygens (including phenoxy) is 1. The molecular formula is C12H13N3O2. The lowest BCUT2D eigenvalue weighted by Gasteiger charge is -1.98. The third kappa shape index (κ3) is 3.61. The van der Waals surface area contributed by atoms with Crippen molar-refractivity contribution in [2.75, 3.05) is 6.61 Å². The van der Waals surface area contributed by atoms with E-state index >= 15 is 0 Å². The molecular weight excluding hydrogens is 218 g/mol. The lowest BCUT2D eigenvalue weighted by atomic mass is 10.3. The summed E-state index contributed by atoms with van der Waals surface area (Å²) in [6.45, 7) is 1.91. The molecule has 0 aromatic carbocycles. The normalized spacial score (nSPS) is 12.1. The summed E-state index contributed by atoms with van der Waals surface area (Å²) in [5, 5.41) is 8.78. The Morgan fingerprint density at radius 2 is 2.41 bits per heavy atom. The number of carbonyl (C=O) groups is 1. The number of aryl methyl sites for hydroxylation is 1. The summed E-state index contributed by atoms with van der Waals surface area (Å²) in [4.78, 5) is 15.4. The van der Waals surface area contributed by atoms with Gasteiger partial charge in [0.1, 0.15) is 11.6 Å². The van der Waals surface area contributed by atoms with E-state index in [0.717, 1.165) is 0 Å². The van der Waals surface area contributed by atoms with Gasteiger partial charge in [-0.05, 0) is 19.1 Å². The van der Waals surface area contributed by atoms with Crippen LogP contribution < -0.4 is 5.49 Å². The fraction of sp³-hybridized carbons (Fsp3) is 0.250. The van der Waals surface area contributed by atoms with Crippen molar-refractivity contribution in [2.45, 2.75) is 6.92 Å². The highest BCUT2D eigenvalue weighted by atomic mass is 16.5. The van der Waals surface area contributed by atoms with Crippen molar-refractivity contribution >= 4 is 5.97 Å². The first-order valence-electron chi connectivity index (χ1n) is 5.12. The first-order valence-corrected chi connectivity index (χ1v) is 5.12. The fourth-order valence-corrected chi connectivity index (χ4v) is 1.12. The summed E-state index contributed by atoms with van der Waals surface area (Å²) in [6.07, 6.45) is 3.04. The van der Waals surface area contributed by atoms with Crippen molar-refractivity contribution in [3.8, 4) is 6.07 Å². The number of hydrogen-bond acceptors (Lipinski definition) is 4. The average Bonchev–Trinajstić information content (AvgIpc) is 2.32. The molecule has 0 atom stereocenters. The molecule has 5 heteroatoms. The highest BCUT2D eigenvalue weighted by molar-refractivity contribution is 5.92. The van der Waals surface area contributed by atoms with E-state index in [9.17, 15) is 4.79 Å². The van der Waals surface area contributed by atoms with Gasteiger partial charge >= 0.3 is 5.97 Å². The zero-order valence-corrected chi connectivity index (χ0v) is 9.75. The molecule has 0 bridgehead atoms. The molecule has 0 aliphatic carbocycles. The Morgan fingerprint density at radius 3 is 3.00 bits per heavy atom. The molecule has 0 N–H and O–H groups in total. The van der Waals surface area contributed by atoms with Gasteiger partial charge in [0.2, 0.25) is 0 Å². The van der Waals surface area contributed by atoms with E-state index in [1.165, 1.54) is 6.20 Å². The molecule has 0 fully saturated rings. The Labute approximate surface area is 99.3 Å². The number of carbonyl (C=O) groups excluding carboxylic acids is 1. The maximum Gasteiger partial charge on any atom is 0.350 e. The van der Waals surface area contributed by atoms with E-state index < -0.39 is 5.97 Å². The predicted molar refractivity (Wildman–Crippen MR) is 61.3 cm³/mol. The van der Waals surface area contributed by atoms with Crippen LogP contribution in [0.15, 0.2) is 41.2 Å². The molecule has 17 heavy (non-hydrogen) atoms. The molecule has 5 nitrogen and oxygen atoms in total. The molecule has 0 aliphatic heterocycles. The quantitative estimate of drug-likeness (QED) is 0.441. The average molecular weight is 231 g/mol. The van der Waals surface area contributed by atoms with Gasteiger partial charge in [0.25, 0.3) is 0 Å². The highest BCUT2D eigenvalue weighted by Crippen LogP contribution is 1.96. The van der Waals surface area contributed by atoms with Gasteiger partial charge in [-0.2, -0.15) is 5.26 Å². The second-order valence-electron chi connectivity index (χ2n) is 3.17. The van der Waals surface area contributed by atoms with E-state index in [-0.39, 0.29) is 12.2 Å². The van der Waals surface area contributed by atoms with E-state index in [0.29, 0.717) is 5.49 Å². The SMILES string of the molecule is CCOC(=O)/C(C#N)=C\N=c1ccccn1C. The fourth-order valence-electron chi connectivity index (χ4n) is 1.12. The van der Waals surface area contributed by atoms with Crippen LogP contribution in [-0.4, -0.2) is 17.1 Å². The van der Waals surface area contributed by atoms with Crippen molar-refractivity contribution in [2.24, 2.45) is 12.0 Å². The van der Waals surface area contributed by atoms with E-state index in [2.05, 4.69) is 4.99 Å². The minimum Gasteiger partial charge on any atom is -0.462 e.